The van der Waals surface area contributed by atoms with Crippen LogP contribution in [-0.4, -0.2) is 37.4 Å². The highest BCUT2D eigenvalue weighted by Crippen LogP contribution is 2.19. The molecule has 28 heavy (non-hydrogen) atoms. The molecule has 0 unspecified atom stereocenters. The monoisotopic (exact) mass is 376 g/mol. The van der Waals surface area contributed by atoms with Crippen LogP contribution < -0.4 is 10.1 Å². The fourth-order valence-electron chi connectivity index (χ4n) is 3.08. The SMILES string of the molecule is COc1ccccc1CN(C)C(=O)CCNC(=O)c1ccc2ccccc2c1. The highest BCUT2D eigenvalue weighted by Gasteiger charge is 2.13. The van der Waals surface area contributed by atoms with Crippen LogP contribution in [-0.2, 0) is 11.3 Å². The van der Waals surface area contributed by atoms with Gasteiger partial charge in [0.05, 0.1) is 7.11 Å². The lowest BCUT2D eigenvalue weighted by atomic mass is 10.1. The highest BCUT2D eigenvalue weighted by molar-refractivity contribution is 5.98. The van der Waals surface area contributed by atoms with Crippen LogP contribution in [0.25, 0.3) is 10.8 Å². The van der Waals surface area contributed by atoms with E-state index in [1.165, 1.54) is 0 Å². The van der Waals surface area contributed by atoms with Gasteiger partial charge in [-0.3, -0.25) is 9.59 Å². The van der Waals surface area contributed by atoms with Gasteiger partial charge in [0, 0.05) is 37.7 Å². The number of para-hydroxylation sites is 1. The van der Waals surface area contributed by atoms with Crippen LogP contribution in [0.1, 0.15) is 22.3 Å². The molecule has 3 aromatic carbocycles. The lowest BCUT2D eigenvalue weighted by Gasteiger charge is -2.19. The molecule has 3 aromatic rings. The minimum absolute atomic E-state index is 0.0373. The molecule has 0 bridgehead atoms. The molecule has 3 rings (SSSR count). The summed E-state index contributed by atoms with van der Waals surface area (Å²) >= 11 is 0. The zero-order valence-corrected chi connectivity index (χ0v) is 16.1. The van der Waals surface area contributed by atoms with E-state index in [0.29, 0.717) is 18.7 Å². The summed E-state index contributed by atoms with van der Waals surface area (Å²) in [5.74, 6) is 0.544. The van der Waals surface area contributed by atoms with E-state index in [1.807, 2.05) is 60.7 Å². The van der Waals surface area contributed by atoms with Crippen molar-refractivity contribution in [3.05, 3.63) is 77.9 Å². The number of hydrogen-bond acceptors (Lipinski definition) is 3. The first-order valence-electron chi connectivity index (χ1n) is 9.21. The van der Waals surface area contributed by atoms with Crippen molar-refractivity contribution in [2.75, 3.05) is 20.7 Å². The predicted octanol–water partition coefficient (Wildman–Crippen LogP) is 3.63. The molecule has 0 aliphatic heterocycles. The average Bonchev–Trinajstić information content (AvgIpc) is 2.73. The Kier molecular flexibility index (Phi) is 6.27. The molecule has 5 nitrogen and oxygen atoms in total. The Hall–Kier alpha value is -3.34. The minimum Gasteiger partial charge on any atom is -0.496 e. The number of nitrogens with zero attached hydrogens (tertiary/aromatic N) is 1. The van der Waals surface area contributed by atoms with Gasteiger partial charge >= 0.3 is 0 Å². The van der Waals surface area contributed by atoms with Gasteiger partial charge in [-0.15, -0.1) is 0 Å². The van der Waals surface area contributed by atoms with Gasteiger partial charge in [0.25, 0.3) is 5.91 Å². The fourth-order valence-corrected chi connectivity index (χ4v) is 3.08. The minimum atomic E-state index is -0.175. The van der Waals surface area contributed by atoms with E-state index in [2.05, 4.69) is 5.32 Å². The van der Waals surface area contributed by atoms with Crippen molar-refractivity contribution in [2.45, 2.75) is 13.0 Å². The average molecular weight is 376 g/mol. The van der Waals surface area contributed by atoms with Crippen molar-refractivity contribution < 1.29 is 14.3 Å². The summed E-state index contributed by atoms with van der Waals surface area (Å²) in [5, 5.41) is 4.93. The van der Waals surface area contributed by atoms with E-state index in [9.17, 15) is 9.59 Å². The van der Waals surface area contributed by atoms with E-state index >= 15 is 0 Å². The third-order valence-electron chi connectivity index (χ3n) is 4.66. The summed E-state index contributed by atoms with van der Waals surface area (Å²) in [7, 11) is 3.36. The molecule has 2 amide bonds. The molecule has 1 N–H and O–H groups in total. The number of amides is 2. The number of nitrogens with one attached hydrogen (secondary N) is 1. The molecule has 0 heterocycles. The van der Waals surface area contributed by atoms with E-state index in [4.69, 9.17) is 4.74 Å². The van der Waals surface area contributed by atoms with E-state index in [-0.39, 0.29) is 18.2 Å². The molecular formula is C23H24N2O3. The molecule has 0 aliphatic rings. The van der Waals surface area contributed by atoms with Crippen molar-refractivity contribution in [3.8, 4) is 5.75 Å². The van der Waals surface area contributed by atoms with Crippen LogP contribution in [0.5, 0.6) is 5.75 Å². The lowest BCUT2D eigenvalue weighted by molar-refractivity contribution is -0.130. The second kappa shape index (κ2) is 9.04. The number of carbonyl (C=O) groups excluding carboxylic acids is 2. The summed E-state index contributed by atoms with van der Waals surface area (Å²) in [6.45, 7) is 0.752. The number of carbonyl (C=O) groups is 2. The number of ether oxygens (including phenoxy) is 1. The Morgan fingerprint density at radius 1 is 0.964 bits per heavy atom. The van der Waals surface area contributed by atoms with E-state index < -0.39 is 0 Å². The van der Waals surface area contributed by atoms with Crippen molar-refractivity contribution in [1.82, 2.24) is 10.2 Å². The summed E-state index contributed by atoms with van der Waals surface area (Å²) in [6, 6.07) is 21.1. The van der Waals surface area contributed by atoms with Crippen LogP contribution in [0.2, 0.25) is 0 Å². The molecule has 0 aromatic heterocycles. The molecule has 0 fully saturated rings. The van der Waals surface area contributed by atoms with Crippen LogP contribution in [0.4, 0.5) is 0 Å². The zero-order chi connectivity index (χ0) is 19.9. The second-order valence-electron chi connectivity index (χ2n) is 6.63. The summed E-state index contributed by atoms with van der Waals surface area (Å²) < 4.78 is 5.32. The first kappa shape index (κ1) is 19.4. The predicted molar refractivity (Wildman–Crippen MR) is 110 cm³/mol. The Labute approximate surface area is 164 Å². The summed E-state index contributed by atoms with van der Waals surface area (Å²) in [6.07, 6.45) is 0.241. The lowest BCUT2D eigenvalue weighted by Crippen LogP contribution is -2.32. The van der Waals surface area contributed by atoms with E-state index in [0.717, 1.165) is 22.1 Å². The number of hydrogen-bond donors (Lipinski definition) is 1. The van der Waals surface area contributed by atoms with Crippen LogP contribution in [0.15, 0.2) is 66.7 Å². The Bertz CT molecular complexity index is 984. The second-order valence-corrected chi connectivity index (χ2v) is 6.63. The molecular weight excluding hydrogens is 352 g/mol. The number of rotatable bonds is 7. The Morgan fingerprint density at radius 2 is 1.68 bits per heavy atom. The number of methoxy groups -OCH3 is 1. The topological polar surface area (TPSA) is 58.6 Å². The van der Waals surface area contributed by atoms with Gasteiger partial charge in [-0.25, -0.2) is 0 Å². The molecule has 0 aliphatic carbocycles. The zero-order valence-electron chi connectivity index (χ0n) is 16.1. The highest BCUT2D eigenvalue weighted by atomic mass is 16.5. The molecule has 0 radical (unpaired) electrons. The molecule has 0 spiro atoms. The molecule has 0 atom stereocenters. The third-order valence-corrected chi connectivity index (χ3v) is 4.66. The maximum Gasteiger partial charge on any atom is 0.251 e. The normalized spacial score (nSPS) is 10.5. The largest absolute Gasteiger partial charge is 0.496 e. The van der Waals surface area contributed by atoms with Gasteiger partial charge in [0.2, 0.25) is 5.91 Å². The number of fused-ring (bicyclic) bond motifs is 1. The summed E-state index contributed by atoms with van der Waals surface area (Å²) in [5.41, 5.74) is 1.54. The maximum atomic E-state index is 12.4. The molecule has 5 heteroatoms. The van der Waals surface area contributed by atoms with Gasteiger partial charge in [-0.1, -0.05) is 48.5 Å². The van der Waals surface area contributed by atoms with Crippen molar-refractivity contribution in [1.29, 1.82) is 0 Å². The van der Waals surface area contributed by atoms with Gasteiger partial charge in [0.1, 0.15) is 5.75 Å². The first-order valence-corrected chi connectivity index (χ1v) is 9.21. The fraction of sp³-hybridized carbons (Fsp3) is 0.217. The van der Waals surface area contributed by atoms with Gasteiger partial charge in [-0.05, 0) is 29.0 Å². The first-order chi connectivity index (χ1) is 13.6. The van der Waals surface area contributed by atoms with Crippen molar-refractivity contribution >= 4 is 22.6 Å². The quantitative estimate of drug-likeness (QED) is 0.685. The van der Waals surface area contributed by atoms with Crippen LogP contribution in [0, 0.1) is 0 Å². The smallest absolute Gasteiger partial charge is 0.251 e. The summed E-state index contributed by atoms with van der Waals surface area (Å²) in [4.78, 5) is 26.4. The van der Waals surface area contributed by atoms with Crippen LogP contribution >= 0.6 is 0 Å². The van der Waals surface area contributed by atoms with Crippen molar-refractivity contribution in [2.24, 2.45) is 0 Å². The maximum absolute atomic E-state index is 12.4. The van der Waals surface area contributed by atoms with Gasteiger partial charge in [-0.2, -0.15) is 0 Å². The Morgan fingerprint density at radius 3 is 2.46 bits per heavy atom. The van der Waals surface area contributed by atoms with Crippen LogP contribution in [0.3, 0.4) is 0 Å². The Balaban J connectivity index is 1.51. The standard InChI is InChI=1S/C23H24N2O3/c1-25(16-20-9-5-6-10-21(20)28-2)22(26)13-14-24-23(27)19-12-11-17-7-3-4-8-18(17)15-19/h3-12,15H,13-14,16H2,1-2H3,(H,24,27). The van der Waals surface area contributed by atoms with Crippen molar-refractivity contribution in [3.63, 3.8) is 0 Å². The van der Waals surface area contributed by atoms with E-state index in [1.54, 1.807) is 25.1 Å². The molecule has 0 saturated heterocycles. The van der Waals surface area contributed by atoms with Gasteiger partial charge in [0.15, 0.2) is 0 Å². The van der Waals surface area contributed by atoms with Gasteiger partial charge < -0.3 is 15.0 Å². The number of benzene rings is 3. The molecule has 144 valence electrons. The molecule has 0 saturated carbocycles. The third kappa shape index (κ3) is 4.68.